The summed E-state index contributed by atoms with van der Waals surface area (Å²) in [6.45, 7) is 0. The first-order valence-electron chi connectivity index (χ1n) is 8.61. The van der Waals surface area contributed by atoms with Crippen LogP contribution in [0.4, 0.5) is 10.2 Å². The molecule has 1 N–H and O–H groups in total. The summed E-state index contributed by atoms with van der Waals surface area (Å²) in [5.41, 5.74) is 0.839. The highest BCUT2D eigenvalue weighted by molar-refractivity contribution is 6.51. The monoisotopic (exact) mass is 374 g/mol. The number of ketones is 1. The summed E-state index contributed by atoms with van der Waals surface area (Å²) in [4.78, 5) is 31.1. The van der Waals surface area contributed by atoms with Gasteiger partial charge in [-0.25, -0.2) is 9.37 Å². The van der Waals surface area contributed by atoms with Gasteiger partial charge in [0.2, 0.25) is 0 Å². The van der Waals surface area contributed by atoms with Crippen LogP contribution in [0.1, 0.15) is 17.2 Å². The number of benzene rings is 2. The Bertz CT molecular complexity index is 1060. The number of pyridine rings is 1. The number of hydrogen-bond acceptors (Lipinski definition) is 4. The van der Waals surface area contributed by atoms with Gasteiger partial charge in [0, 0.05) is 11.8 Å². The molecule has 5 nitrogen and oxygen atoms in total. The molecule has 4 rings (SSSR count). The molecule has 138 valence electrons. The smallest absolute Gasteiger partial charge is 0.301 e. The van der Waals surface area contributed by atoms with Crippen LogP contribution in [0.5, 0.6) is 0 Å². The predicted octanol–water partition coefficient (Wildman–Crippen LogP) is 3.85. The number of nitrogens with zero attached hydrogens (tertiary/aromatic N) is 2. The molecule has 2 aromatic carbocycles. The van der Waals surface area contributed by atoms with E-state index >= 15 is 0 Å². The van der Waals surface area contributed by atoms with Crippen molar-refractivity contribution in [2.75, 3.05) is 4.90 Å². The second-order valence-corrected chi connectivity index (χ2v) is 6.27. The number of carbonyl (C=O) groups excluding carboxylic acids is 2. The number of aromatic nitrogens is 1. The SMILES string of the molecule is O=C1C(=O)N(c2ccccn2)C(c2ccc(F)cc2)/C1=C(\O)c1ccccc1. The lowest BCUT2D eigenvalue weighted by molar-refractivity contribution is -0.132. The number of amides is 1. The molecule has 2 heterocycles. The summed E-state index contributed by atoms with van der Waals surface area (Å²) in [6, 6.07) is 18.0. The Morgan fingerprint density at radius 3 is 2.25 bits per heavy atom. The van der Waals surface area contributed by atoms with Gasteiger partial charge in [-0.2, -0.15) is 0 Å². The molecular formula is C22H15FN2O3. The molecule has 3 aromatic rings. The Balaban J connectivity index is 1.95. The summed E-state index contributed by atoms with van der Waals surface area (Å²) in [5.74, 6) is -2.08. The van der Waals surface area contributed by atoms with E-state index in [2.05, 4.69) is 4.98 Å². The van der Waals surface area contributed by atoms with E-state index in [0.29, 0.717) is 11.1 Å². The van der Waals surface area contributed by atoms with Gasteiger partial charge in [-0.1, -0.05) is 48.5 Å². The van der Waals surface area contributed by atoms with Crippen molar-refractivity contribution < 1.29 is 19.1 Å². The van der Waals surface area contributed by atoms with Crippen molar-refractivity contribution in [1.82, 2.24) is 4.98 Å². The Morgan fingerprint density at radius 1 is 0.929 bits per heavy atom. The van der Waals surface area contributed by atoms with Crippen LogP contribution in [-0.2, 0) is 9.59 Å². The first-order valence-corrected chi connectivity index (χ1v) is 8.61. The molecule has 1 saturated heterocycles. The molecule has 0 spiro atoms. The highest BCUT2D eigenvalue weighted by atomic mass is 19.1. The van der Waals surface area contributed by atoms with Gasteiger partial charge in [-0.15, -0.1) is 0 Å². The molecule has 0 radical (unpaired) electrons. The minimum absolute atomic E-state index is 0.0616. The molecule has 1 unspecified atom stereocenters. The van der Waals surface area contributed by atoms with Gasteiger partial charge in [0.25, 0.3) is 5.78 Å². The number of carbonyl (C=O) groups is 2. The van der Waals surface area contributed by atoms with Crippen LogP contribution in [0.15, 0.2) is 84.6 Å². The van der Waals surface area contributed by atoms with E-state index in [1.165, 1.54) is 35.4 Å². The summed E-state index contributed by atoms with van der Waals surface area (Å²) in [7, 11) is 0. The van der Waals surface area contributed by atoms with E-state index < -0.39 is 23.5 Å². The lowest BCUT2D eigenvalue weighted by Crippen LogP contribution is -2.30. The summed E-state index contributed by atoms with van der Waals surface area (Å²) < 4.78 is 13.4. The number of halogens is 1. The average molecular weight is 374 g/mol. The maximum absolute atomic E-state index is 13.4. The van der Waals surface area contributed by atoms with Crippen molar-refractivity contribution in [1.29, 1.82) is 0 Å². The number of aliphatic hydroxyl groups excluding tert-OH is 1. The maximum atomic E-state index is 13.4. The van der Waals surface area contributed by atoms with Crippen LogP contribution in [0.3, 0.4) is 0 Å². The third-order valence-corrected chi connectivity index (χ3v) is 4.57. The molecule has 28 heavy (non-hydrogen) atoms. The first kappa shape index (κ1) is 17.6. The van der Waals surface area contributed by atoms with Crippen LogP contribution >= 0.6 is 0 Å². The minimum Gasteiger partial charge on any atom is -0.507 e. The van der Waals surface area contributed by atoms with Gasteiger partial charge in [-0.3, -0.25) is 14.5 Å². The fourth-order valence-corrected chi connectivity index (χ4v) is 3.28. The third kappa shape index (κ3) is 2.95. The molecular weight excluding hydrogens is 359 g/mol. The number of aliphatic hydroxyl groups is 1. The van der Waals surface area contributed by atoms with Gasteiger partial charge >= 0.3 is 5.91 Å². The maximum Gasteiger partial charge on any atom is 0.301 e. The molecule has 1 aliphatic rings. The zero-order valence-corrected chi connectivity index (χ0v) is 14.6. The van der Waals surface area contributed by atoms with Crippen molar-refractivity contribution in [2.45, 2.75) is 6.04 Å². The fraction of sp³-hybridized carbons (Fsp3) is 0.0455. The zero-order chi connectivity index (χ0) is 19.7. The molecule has 0 saturated carbocycles. The fourth-order valence-electron chi connectivity index (χ4n) is 3.28. The molecule has 1 amide bonds. The van der Waals surface area contributed by atoms with Crippen molar-refractivity contribution in [3.63, 3.8) is 0 Å². The van der Waals surface area contributed by atoms with Crippen LogP contribution in [-0.4, -0.2) is 21.8 Å². The summed E-state index contributed by atoms with van der Waals surface area (Å²) in [6.07, 6.45) is 1.51. The lowest BCUT2D eigenvalue weighted by Gasteiger charge is -2.24. The van der Waals surface area contributed by atoms with Crippen molar-refractivity contribution in [3.8, 4) is 0 Å². The van der Waals surface area contributed by atoms with Gasteiger partial charge in [-0.05, 0) is 29.8 Å². The third-order valence-electron chi connectivity index (χ3n) is 4.57. The Labute approximate surface area is 160 Å². The van der Waals surface area contributed by atoms with Crippen LogP contribution in [0, 0.1) is 5.82 Å². The van der Waals surface area contributed by atoms with Gasteiger partial charge in [0.1, 0.15) is 17.4 Å². The van der Waals surface area contributed by atoms with Crippen LogP contribution in [0.25, 0.3) is 5.76 Å². The van der Waals surface area contributed by atoms with Crippen LogP contribution in [0.2, 0.25) is 0 Å². The van der Waals surface area contributed by atoms with E-state index in [1.54, 1.807) is 48.5 Å². The Hall–Kier alpha value is -3.80. The number of hydrogen-bond donors (Lipinski definition) is 1. The quantitative estimate of drug-likeness (QED) is 0.430. The summed E-state index contributed by atoms with van der Waals surface area (Å²) in [5, 5.41) is 10.8. The second kappa shape index (κ2) is 7.08. The Morgan fingerprint density at radius 2 is 1.61 bits per heavy atom. The second-order valence-electron chi connectivity index (χ2n) is 6.27. The number of anilines is 1. The van der Waals surface area contributed by atoms with Gasteiger partial charge < -0.3 is 5.11 Å². The molecule has 0 bridgehead atoms. The average Bonchev–Trinajstić information content (AvgIpc) is 3.00. The highest BCUT2D eigenvalue weighted by Gasteiger charge is 2.47. The number of Topliss-reactive ketones (excluding diaryl/α,β-unsaturated/α-hetero) is 1. The standard InChI is InChI=1S/C22H15FN2O3/c23-16-11-9-14(10-12-16)19-18(20(26)15-6-2-1-3-7-15)21(27)22(28)25(19)17-8-4-5-13-24-17/h1-13,19,26H/b20-18+. The van der Waals surface area contributed by atoms with E-state index in [9.17, 15) is 19.1 Å². The topological polar surface area (TPSA) is 70.5 Å². The molecule has 1 atom stereocenters. The van der Waals surface area contributed by atoms with Gasteiger partial charge in [0.15, 0.2) is 0 Å². The molecule has 1 aliphatic heterocycles. The van der Waals surface area contributed by atoms with E-state index in [-0.39, 0.29) is 17.2 Å². The molecule has 1 aromatic heterocycles. The van der Waals surface area contributed by atoms with E-state index in [4.69, 9.17) is 0 Å². The normalized spacial score (nSPS) is 18.5. The largest absolute Gasteiger partial charge is 0.507 e. The number of rotatable bonds is 3. The summed E-state index contributed by atoms with van der Waals surface area (Å²) >= 11 is 0. The van der Waals surface area contributed by atoms with Crippen molar-refractivity contribution >= 4 is 23.3 Å². The van der Waals surface area contributed by atoms with Gasteiger partial charge in [0.05, 0.1) is 11.6 Å². The Kier molecular flexibility index (Phi) is 4.45. The predicted molar refractivity (Wildman–Crippen MR) is 102 cm³/mol. The molecule has 0 aliphatic carbocycles. The lowest BCUT2D eigenvalue weighted by atomic mass is 9.95. The van der Waals surface area contributed by atoms with E-state index in [0.717, 1.165) is 0 Å². The van der Waals surface area contributed by atoms with Crippen LogP contribution < -0.4 is 4.90 Å². The van der Waals surface area contributed by atoms with Crippen molar-refractivity contribution in [2.24, 2.45) is 0 Å². The molecule has 6 heteroatoms. The first-order chi connectivity index (χ1) is 13.6. The minimum atomic E-state index is -0.921. The highest BCUT2D eigenvalue weighted by Crippen LogP contribution is 2.41. The van der Waals surface area contributed by atoms with E-state index in [1.807, 2.05) is 0 Å². The molecule has 1 fully saturated rings. The van der Waals surface area contributed by atoms with Crippen molar-refractivity contribution in [3.05, 3.63) is 102 Å². The zero-order valence-electron chi connectivity index (χ0n) is 14.6.